The SMILES string of the molecule is CN=Cc1ccc(Nc2ncc(C(F)(F)F)c(NC)n2)c(C)c1N. The van der Waals surface area contributed by atoms with Crippen molar-refractivity contribution in [2.75, 3.05) is 30.5 Å². The molecule has 0 aliphatic carbocycles. The van der Waals surface area contributed by atoms with E-state index in [-0.39, 0.29) is 11.8 Å². The van der Waals surface area contributed by atoms with Crippen LogP contribution in [0, 0.1) is 6.92 Å². The molecule has 1 aromatic carbocycles. The number of hydrogen-bond donors (Lipinski definition) is 3. The van der Waals surface area contributed by atoms with Gasteiger partial charge in [-0.2, -0.15) is 18.2 Å². The number of alkyl halides is 3. The summed E-state index contributed by atoms with van der Waals surface area (Å²) in [7, 11) is 3.00. The first kappa shape index (κ1) is 17.5. The third-order valence-electron chi connectivity index (χ3n) is 3.39. The molecule has 4 N–H and O–H groups in total. The normalized spacial score (nSPS) is 11.8. The summed E-state index contributed by atoms with van der Waals surface area (Å²) in [6.07, 6.45) is -2.17. The lowest BCUT2D eigenvalue weighted by molar-refractivity contribution is -0.137. The van der Waals surface area contributed by atoms with Gasteiger partial charge in [-0.15, -0.1) is 0 Å². The molecule has 128 valence electrons. The van der Waals surface area contributed by atoms with Crippen LogP contribution in [-0.2, 0) is 6.18 Å². The molecular formula is C15H17F3N6. The first-order valence-electron chi connectivity index (χ1n) is 6.98. The van der Waals surface area contributed by atoms with Gasteiger partial charge in [-0.05, 0) is 24.6 Å². The minimum absolute atomic E-state index is 0.0340. The van der Waals surface area contributed by atoms with Crippen LogP contribution in [0.15, 0.2) is 23.3 Å². The second-order valence-corrected chi connectivity index (χ2v) is 4.96. The van der Waals surface area contributed by atoms with Crippen molar-refractivity contribution in [1.29, 1.82) is 0 Å². The summed E-state index contributed by atoms with van der Waals surface area (Å²) in [5, 5.41) is 5.31. The largest absolute Gasteiger partial charge is 0.421 e. The van der Waals surface area contributed by atoms with Gasteiger partial charge in [0.2, 0.25) is 5.95 Å². The van der Waals surface area contributed by atoms with E-state index in [9.17, 15) is 13.2 Å². The van der Waals surface area contributed by atoms with E-state index >= 15 is 0 Å². The monoisotopic (exact) mass is 338 g/mol. The molecule has 6 nitrogen and oxygen atoms in total. The van der Waals surface area contributed by atoms with Crippen molar-refractivity contribution in [1.82, 2.24) is 9.97 Å². The van der Waals surface area contributed by atoms with Gasteiger partial charge in [0.25, 0.3) is 0 Å². The molecule has 1 heterocycles. The molecule has 0 bridgehead atoms. The van der Waals surface area contributed by atoms with Crippen molar-refractivity contribution >= 4 is 29.4 Å². The molecule has 0 atom stereocenters. The standard InChI is InChI=1S/C15H17F3N6/c1-8-11(5-4-9(6-20-2)12(8)19)23-14-22-7-10(15(16,17)18)13(21-3)24-14/h4-7H,19H2,1-3H3,(H2,21,22,23,24). The van der Waals surface area contributed by atoms with Crippen molar-refractivity contribution < 1.29 is 13.2 Å². The summed E-state index contributed by atoms with van der Waals surface area (Å²) >= 11 is 0. The van der Waals surface area contributed by atoms with Crippen molar-refractivity contribution in [2.45, 2.75) is 13.1 Å². The lowest BCUT2D eigenvalue weighted by Crippen LogP contribution is -2.13. The number of benzene rings is 1. The van der Waals surface area contributed by atoms with Crippen molar-refractivity contribution in [3.05, 3.63) is 35.0 Å². The molecule has 0 spiro atoms. The predicted molar refractivity (Wildman–Crippen MR) is 89.0 cm³/mol. The van der Waals surface area contributed by atoms with E-state index in [4.69, 9.17) is 5.73 Å². The number of nitrogens with one attached hydrogen (secondary N) is 2. The molecule has 24 heavy (non-hydrogen) atoms. The maximum atomic E-state index is 12.9. The van der Waals surface area contributed by atoms with Crippen LogP contribution >= 0.6 is 0 Å². The number of nitrogens with two attached hydrogens (primary N) is 1. The number of aliphatic imine (C=N–C) groups is 1. The van der Waals surface area contributed by atoms with Crippen LogP contribution in [0.5, 0.6) is 0 Å². The average molecular weight is 338 g/mol. The van der Waals surface area contributed by atoms with E-state index in [1.54, 1.807) is 32.3 Å². The van der Waals surface area contributed by atoms with Crippen LogP contribution in [0.2, 0.25) is 0 Å². The molecule has 0 amide bonds. The summed E-state index contributed by atoms with van der Waals surface area (Å²) < 4.78 is 38.6. The lowest BCUT2D eigenvalue weighted by atomic mass is 10.1. The minimum Gasteiger partial charge on any atom is -0.398 e. The zero-order valence-electron chi connectivity index (χ0n) is 13.4. The molecule has 0 radical (unpaired) electrons. The van der Waals surface area contributed by atoms with Gasteiger partial charge in [-0.25, -0.2) is 4.98 Å². The van der Waals surface area contributed by atoms with E-state index in [0.29, 0.717) is 11.4 Å². The van der Waals surface area contributed by atoms with Gasteiger partial charge < -0.3 is 16.4 Å². The highest BCUT2D eigenvalue weighted by Gasteiger charge is 2.35. The molecular weight excluding hydrogens is 321 g/mol. The predicted octanol–water partition coefficient (Wildman–Crippen LogP) is 3.22. The number of halogens is 3. The Bertz CT molecular complexity index is 771. The molecule has 0 aliphatic heterocycles. The van der Waals surface area contributed by atoms with Gasteiger partial charge in [0.15, 0.2) is 0 Å². The summed E-state index contributed by atoms with van der Waals surface area (Å²) in [5.74, 6) is -0.271. The molecule has 2 aromatic rings. The number of nitrogens with zero attached hydrogens (tertiary/aromatic N) is 3. The lowest BCUT2D eigenvalue weighted by Gasteiger charge is -2.15. The highest BCUT2D eigenvalue weighted by atomic mass is 19.4. The molecule has 1 aromatic heterocycles. The second kappa shape index (κ2) is 6.73. The number of hydrogen-bond acceptors (Lipinski definition) is 6. The Kier molecular flexibility index (Phi) is 4.91. The Morgan fingerprint density at radius 1 is 1.29 bits per heavy atom. The van der Waals surface area contributed by atoms with Crippen LogP contribution < -0.4 is 16.4 Å². The Labute approximate surface area is 137 Å². The van der Waals surface area contributed by atoms with Gasteiger partial charge in [-0.1, -0.05) is 0 Å². The topological polar surface area (TPSA) is 88.2 Å². The zero-order chi connectivity index (χ0) is 17.9. The second-order valence-electron chi connectivity index (χ2n) is 4.96. The molecule has 0 saturated carbocycles. The molecule has 0 fully saturated rings. The first-order valence-corrected chi connectivity index (χ1v) is 6.98. The van der Waals surface area contributed by atoms with Gasteiger partial charge in [-0.3, -0.25) is 4.99 Å². The zero-order valence-corrected chi connectivity index (χ0v) is 13.4. The summed E-state index contributed by atoms with van der Waals surface area (Å²) in [6.45, 7) is 1.79. The van der Waals surface area contributed by atoms with E-state index < -0.39 is 11.7 Å². The maximum Gasteiger partial charge on any atom is 0.421 e. The first-order chi connectivity index (χ1) is 11.3. The highest BCUT2D eigenvalue weighted by Crippen LogP contribution is 2.34. The Hall–Kier alpha value is -2.84. The fraction of sp³-hybridized carbons (Fsp3) is 0.267. The van der Waals surface area contributed by atoms with E-state index in [2.05, 4.69) is 25.6 Å². The minimum atomic E-state index is -4.53. The Morgan fingerprint density at radius 2 is 2.00 bits per heavy atom. The third-order valence-corrected chi connectivity index (χ3v) is 3.39. The van der Waals surface area contributed by atoms with Gasteiger partial charge in [0, 0.05) is 43.4 Å². The molecule has 2 rings (SSSR count). The summed E-state index contributed by atoms with van der Waals surface area (Å²) in [6, 6.07) is 3.49. The number of aromatic nitrogens is 2. The van der Waals surface area contributed by atoms with Crippen LogP contribution in [0.25, 0.3) is 0 Å². The summed E-state index contributed by atoms with van der Waals surface area (Å²) in [5.41, 5.74) is 7.70. The Morgan fingerprint density at radius 3 is 2.58 bits per heavy atom. The van der Waals surface area contributed by atoms with Crippen molar-refractivity contribution in [3.63, 3.8) is 0 Å². The highest BCUT2D eigenvalue weighted by molar-refractivity contribution is 5.90. The number of rotatable bonds is 4. The molecule has 0 unspecified atom stereocenters. The fourth-order valence-electron chi connectivity index (χ4n) is 2.10. The fourth-order valence-corrected chi connectivity index (χ4v) is 2.10. The van der Waals surface area contributed by atoms with E-state index in [0.717, 1.165) is 17.3 Å². The maximum absolute atomic E-state index is 12.9. The third kappa shape index (κ3) is 3.55. The van der Waals surface area contributed by atoms with E-state index in [1.165, 1.54) is 7.05 Å². The average Bonchev–Trinajstić information content (AvgIpc) is 2.53. The Balaban J connectivity index is 2.37. The van der Waals surface area contributed by atoms with Crippen LogP contribution in [0.1, 0.15) is 16.7 Å². The van der Waals surface area contributed by atoms with Crippen molar-refractivity contribution in [2.24, 2.45) is 4.99 Å². The molecule has 0 aliphatic rings. The van der Waals surface area contributed by atoms with Gasteiger partial charge >= 0.3 is 6.18 Å². The van der Waals surface area contributed by atoms with E-state index in [1.807, 2.05) is 0 Å². The number of nitrogen functional groups attached to an aromatic ring is 1. The van der Waals surface area contributed by atoms with Crippen LogP contribution in [0.3, 0.4) is 0 Å². The molecule has 0 saturated heterocycles. The van der Waals surface area contributed by atoms with Crippen LogP contribution in [-0.4, -0.2) is 30.3 Å². The number of anilines is 4. The van der Waals surface area contributed by atoms with Gasteiger partial charge in [0.05, 0.1) is 0 Å². The smallest absolute Gasteiger partial charge is 0.398 e. The molecule has 9 heteroatoms. The van der Waals surface area contributed by atoms with Gasteiger partial charge in [0.1, 0.15) is 11.4 Å². The summed E-state index contributed by atoms with van der Waals surface area (Å²) in [4.78, 5) is 11.5. The van der Waals surface area contributed by atoms with Crippen molar-refractivity contribution in [3.8, 4) is 0 Å². The van der Waals surface area contributed by atoms with Crippen LogP contribution in [0.4, 0.5) is 36.3 Å². The quantitative estimate of drug-likeness (QED) is 0.588.